The van der Waals surface area contributed by atoms with E-state index < -0.39 is 0 Å². The van der Waals surface area contributed by atoms with Crippen LogP contribution < -0.4 is 5.32 Å². The van der Waals surface area contributed by atoms with Crippen molar-refractivity contribution in [3.63, 3.8) is 0 Å². The van der Waals surface area contributed by atoms with Crippen molar-refractivity contribution < 1.29 is 0 Å². The Hall–Kier alpha value is -0.400. The first-order valence-corrected chi connectivity index (χ1v) is 5.70. The van der Waals surface area contributed by atoms with Crippen LogP contribution >= 0.6 is 23.2 Å². The molecule has 0 radical (unpaired) electrons. The fourth-order valence-corrected chi connectivity index (χ4v) is 1.93. The average Bonchev–Trinajstić information content (AvgIpc) is 2.92. The van der Waals surface area contributed by atoms with Gasteiger partial charge in [0.25, 0.3) is 0 Å². The Bertz CT molecular complexity index is 321. The minimum atomic E-state index is 0.683. The second kappa shape index (κ2) is 4.41. The van der Waals surface area contributed by atoms with Crippen LogP contribution in [0.4, 0.5) is 5.69 Å². The van der Waals surface area contributed by atoms with Crippen LogP contribution in [0, 0.1) is 5.92 Å². The molecule has 1 aromatic carbocycles. The minimum Gasteiger partial charge on any atom is -0.384 e. The van der Waals surface area contributed by atoms with Gasteiger partial charge in [-0.15, -0.1) is 0 Å². The summed E-state index contributed by atoms with van der Waals surface area (Å²) in [5, 5.41) is 4.71. The first-order valence-electron chi connectivity index (χ1n) is 4.94. The predicted octanol–water partition coefficient (Wildman–Crippen LogP) is 4.21. The highest BCUT2D eigenvalue weighted by molar-refractivity contribution is 6.36. The van der Waals surface area contributed by atoms with E-state index in [-0.39, 0.29) is 0 Å². The topological polar surface area (TPSA) is 12.0 Å². The third kappa shape index (κ3) is 2.79. The molecule has 1 N–H and O–H groups in total. The van der Waals surface area contributed by atoms with Gasteiger partial charge in [0.2, 0.25) is 0 Å². The third-order valence-electron chi connectivity index (χ3n) is 2.50. The molecule has 2 rings (SSSR count). The van der Waals surface area contributed by atoms with Crippen LogP contribution in [0.5, 0.6) is 0 Å². The van der Waals surface area contributed by atoms with E-state index in [9.17, 15) is 0 Å². The summed E-state index contributed by atoms with van der Waals surface area (Å²) in [6.45, 7) is 1.01. The molecule has 3 heteroatoms. The molecule has 0 saturated heterocycles. The van der Waals surface area contributed by atoms with Crippen LogP contribution in [0.25, 0.3) is 0 Å². The summed E-state index contributed by atoms with van der Waals surface area (Å²) < 4.78 is 0. The number of benzene rings is 1. The molecule has 0 aromatic heterocycles. The minimum absolute atomic E-state index is 0.683. The molecule has 1 aromatic rings. The van der Waals surface area contributed by atoms with Gasteiger partial charge in [-0.1, -0.05) is 36.0 Å². The molecule has 0 bridgehead atoms. The monoisotopic (exact) mass is 229 g/mol. The lowest BCUT2D eigenvalue weighted by Crippen LogP contribution is -2.02. The Labute approximate surface area is 94.4 Å². The fraction of sp³-hybridized carbons (Fsp3) is 0.455. The van der Waals surface area contributed by atoms with Gasteiger partial charge in [-0.2, -0.15) is 0 Å². The van der Waals surface area contributed by atoms with E-state index in [1.807, 2.05) is 12.1 Å². The molecule has 0 heterocycles. The van der Waals surface area contributed by atoms with Gasteiger partial charge in [-0.25, -0.2) is 0 Å². The molecule has 76 valence electrons. The van der Waals surface area contributed by atoms with Gasteiger partial charge in [0.1, 0.15) is 0 Å². The Morgan fingerprint density at radius 2 is 2.07 bits per heavy atom. The maximum Gasteiger partial charge on any atom is 0.0652 e. The van der Waals surface area contributed by atoms with E-state index >= 15 is 0 Å². The van der Waals surface area contributed by atoms with Crippen molar-refractivity contribution in [3.05, 3.63) is 28.2 Å². The smallest absolute Gasteiger partial charge is 0.0652 e. The third-order valence-corrected chi connectivity index (χ3v) is 3.04. The molecular weight excluding hydrogens is 217 g/mol. The molecule has 14 heavy (non-hydrogen) atoms. The predicted molar refractivity (Wildman–Crippen MR) is 62.3 cm³/mol. The molecule has 0 unspecified atom stereocenters. The van der Waals surface area contributed by atoms with Crippen molar-refractivity contribution >= 4 is 28.9 Å². The molecule has 0 aliphatic heterocycles. The molecule has 1 aliphatic carbocycles. The van der Waals surface area contributed by atoms with Crippen LogP contribution in [0.3, 0.4) is 0 Å². The molecule has 1 aliphatic rings. The van der Waals surface area contributed by atoms with Crippen molar-refractivity contribution in [1.82, 2.24) is 0 Å². The SMILES string of the molecule is Clc1ccc(NCCC2CC2)c(Cl)c1. The van der Waals surface area contributed by atoms with Gasteiger partial charge in [0.15, 0.2) is 0 Å². The highest BCUT2D eigenvalue weighted by Crippen LogP contribution is 2.32. The lowest BCUT2D eigenvalue weighted by Gasteiger charge is -2.07. The summed E-state index contributed by atoms with van der Waals surface area (Å²) in [5.41, 5.74) is 0.983. The normalized spacial score (nSPS) is 15.6. The summed E-state index contributed by atoms with van der Waals surface area (Å²) in [6.07, 6.45) is 4.05. The maximum atomic E-state index is 6.01. The first-order chi connectivity index (χ1) is 6.75. The van der Waals surface area contributed by atoms with Gasteiger partial charge in [-0.05, 0) is 30.5 Å². The van der Waals surface area contributed by atoms with Crippen LogP contribution in [0.15, 0.2) is 18.2 Å². The molecule has 0 amide bonds. The molecule has 0 atom stereocenters. The Kier molecular flexibility index (Phi) is 3.19. The standard InChI is InChI=1S/C11H13Cl2N/c12-9-3-4-11(10(13)7-9)14-6-5-8-1-2-8/h3-4,7-8,14H,1-2,5-6H2. The van der Waals surface area contributed by atoms with E-state index in [1.165, 1.54) is 19.3 Å². The zero-order valence-electron chi connectivity index (χ0n) is 7.89. The van der Waals surface area contributed by atoms with Gasteiger partial charge >= 0.3 is 0 Å². The summed E-state index contributed by atoms with van der Waals surface area (Å²) in [6, 6.07) is 5.55. The summed E-state index contributed by atoms with van der Waals surface area (Å²) in [4.78, 5) is 0. The van der Waals surface area contributed by atoms with Crippen molar-refractivity contribution in [1.29, 1.82) is 0 Å². The number of halogens is 2. The summed E-state index contributed by atoms with van der Waals surface area (Å²) >= 11 is 11.8. The van der Waals surface area contributed by atoms with Crippen LogP contribution in [0.1, 0.15) is 19.3 Å². The van der Waals surface area contributed by atoms with Crippen molar-refractivity contribution in [2.75, 3.05) is 11.9 Å². The van der Waals surface area contributed by atoms with Crippen molar-refractivity contribution in [3.8, 4) is 0 Å². The molecule has 0 spiro atoms. The largest absolute Gasteiger partial charge is 0.384 e. The van der Waals surface area contributed by atoms with E-state index in [0.717, 1.165) is 18.2 Å². The van der Waals surface area contributed by atoms with Gasteiger partial charge in [0, 0.05) is 11.6 Å². The first kappa shape index (κ1) is 10.1. The van der Waals surface area contributed by atoms with E-state index in [1.54, 1.807) is 6.07 Å². The maximum absolute atomic E-state index is 6.01. The van der Waals surface area contributed by atoms with Gasteiger partial charge in [0.05, 0.1) is 10.7 Å². The fourth-order valence-electron chi connectivity index (χ4n) is 1.45. The highest BCUT2D eigenvalue weighted by Gasteiger charge is 2.20. The van der Waals surface area contributed by atoms with Crippen LogP contribution in [0.2, 0.25) is 10.0 Å². The number of rotatable bonds is 4. The number of hydrogen-bond donors (Lipinski definition) is 1. The lowest BCUT2D eigenvalue weighted by atomic mass is 10.2. The highest BCUT2D eigenvalue weighted by atomic mass is 35.5. The summed E-state index contributed by atoms with van der Waals surface area (Å²) in [7, 11) is 0. The average molecular weight is 230 g/mol. The van der Waals surface area contributed by atoms with E-state index in [2.05, 4.69) is 5.32 Å². The van der Waals surface area contributed by atoms with Crippen LogP contribution in [-0.4, -0.2) is 6.54 Å². The van der Waals surface area contributed by atoms with Crippen molar-refractivity contribution in [2.24, 2.45) is 5.92 Å². The zero-order chi connectivity index (χ0) is 9.97. The Morgan fingerprint density at radius 1 is 1.29 bits per heavy atom. The van der Waals surface area contributed by atoms with Crippen LogP contribution in [-0.2, 0) is 0 Å². The van der Waals surface area contributed by atoms with Crippen molar-refractivity contribution in [2.45, 2.75) is 19.3 Å². The molecule has 1 saturated carbocycles. The Balaban J connectivity index is 1.87. The second-order valence-corrected chi connectivity index (χ2v) is 4.63. The van der Waals surface area contributed by atoms with Gasteiger partial charge < -0.3 is 5.32 Å². The number of hydrogen-bond acceptors (Lipinski definition) is 1. The quantitative estimate of drug-likeness (QED) is 0.817. The lowest BCUT2D eigenvalue weighted by molar-refractivity contribution is 0.760. The Morgan fingerprint density at radius 3 is 2.71 bits per heavy atom. The van der Waals surface area contributed by atoms with E-state index in [0.29, 0.717) is 10.0 Å². The molecular formula is C11H13Cl2N. The molecule has 1 fully saturated rings. The zero-order valence-corrected chi connectivity index (χ0v) is 9.41. The summed E-state index contributed by atoms with van der Waals surface area (Å²) in [5.74, 6) is 0.952. The van der Waals surface area contributed by atoms with Gasteiger partial charge in [-0.3, -0.25) is 0 Å². The van der Waals surface area contributed by atoms with E-state index in [4.69, 9.17) is 23.2 Å². The number of nitrogens with one attached hydrogen (secondary N) is 1. The second-order valence-electron chi connectivity index (χ2n) is 3.78. The number of anilines is 1. The molecule has 1 nitrogen and oxygen atoms in total.